The van der Waals surface area contributed by atoms with Gasteiger partial charge in [-0.25, -0.2) is 18.0 Å². The van der Waals surface area contributed by atoms with Crippen LogP contribution in [0.1, 0.15) is 95.2 Å². The summed E-state index contributed by atoms with van der Waals surface area (Å²) < 4.78 is 39.0. The highest BCUT2D eigenvalue weighted by Crippen LogP contribution is 2.57. The van der Waals surface area contributed by atoms with Crippen LogP contribution < -0.4 is 10.0 Å². The first kappa shape index (κ1) is 36.8. The number of aryl methyl sites for hydroxylation is 1. The van der Waals surface area contributed by atoms with E-state index >= 15 is 0 Å². The Kier molecular flexibility index (Phi) is 10.3. The van der Waals surface area contributed by atoms with E-state index in [9.17, 15) is 32.4 Å². The van der Waals surface area contributed by atoms with Gasteiger partial charge in [-0.1, -0.05) is 57.9 Å². The number of ether oxygens (including phenoxy) is 2. The second-order valence-electron chi connectivity index (χ2n) is 15.9. The van der Waals surface area contributed by atoms with Gasteiger partial charge in [-0.05, 0) is 66.5 Å². The van der Waals surface area contributed by atoms with Gasteiger partial charge in [0.1, 0.15) is 12.1 Å². The molecule has 5 aliphatic rings. The normalized spacial score (nSPS) is 29.0. The molecule has 4 bridgehead atoms. The van der Waals surface area contributed by atoms with Crippen molar-refractivity contribution in [3.05, 3.63) is 47.5 Å². The Bertz CT molecular complexity index is 1700. The summed E-state index contributed by atoms with van der Waals surface area (Å²) in [6.07, 6.45) is 4.54. The number of cyclic esters (lactones) is 1. The minimum Gasteiger partial charge on any atom is -0.450 e. The molecule has 2 N–H and O–H groups in total. The quantitative estimate of drug-likeness (QED) is 0.393. The zero-order valence-electron chi connectivity index (χ0n) is 29.8. The predicted octanol–water partition coefficient (Wildman–Crippen LogP) is 4.13. The van der Waals surface area contributed by atoms with E-state index in [1.54, 1.807) is 31.7 Å². The van der Waals surface area contributed by atoms with Crippen molar-refractivity contribution in [3.63, 3.8) is 0 Å². The summed E-state index contributed by atoms with van der Waals surface area (Å²) >= 11 is 0. The zero-order valence-corrected chi connectivity index (χ0v) is 30.6. The molecule has 278 valence electrons. The number of rotatable bonds is 7. The van der Waals surface area contributed by atoms with Gasteiger partial charge in [0.25, 0.3) is 0 Å². The van der Waals surface area contributed by atoms with Gasteiger partial charge in [-0.2, -0.15) is 0 Å². The number of carbonyl (C=O) groups excluding carboxylic acids is 5. The maximum Gasteiger partial charge on any atom is 0.410 e. The Balaban J connectivity index is 1.26. The lowest BCUT2D eigenvalue weighted by Crippen LogP contribution is -2.57. The average molecular weight is 727 g/mol. The topological polar surface area (TPSA) is 168 Å². The number of hydrogen-bond donors (Lipinski definition) is 2. The lowest BCUT2D eigenvalue weighted by Gasteiger charge is -2.35. The summed E-state index contributed by atoms with van der Waals surface area (Å²) in [6.45, 7) is 10.0. The molecule has 4 amide bonds. The minimum atomic E-state index is -3.86. The molecule has 13 nitrogen and oxygen atoms in total. The van der Waals surface area contributed by atoms with Gasteiger partial charge < -0.3 is 19.7 Å². The van der Waals surface area contributed by atoms with E-state index in [-0.39, 0.29) is 32.4 Å². The molecule has 0 radical (unpaired) electrons. The molecule has 3 aliphatic heterocycles. The fraction of sp³-hybridized carbons (Fsp3) is 0.649. The number of carbonyl (C=O) groups is 5. The van der Waals surface area contributed by atoms with Crippen LogP contribution in [0.25, 0.3) is 0 Å². The van der Waals surface area contributed by atoms with Gasteiger partial charge in [0, 0.05) is 25.9 Å². The van der Waals surface area contributed by atoms with E-state index in [4.69, 9.17) is 9.47 Å². The largest absolute Gasteiger partial charge is 0.450 e. The number of benzene rings is 1. The Hall–Kier alpha value is -3.94. The lowest BCUT2D eigenvalue weighted by atomic mass is 9.85. The first-order chi connectivity index (χ1) is 24.1. The number of nitrogens with one attached hydrogen (secondary N) is 2. The van der Waals surface area contributed by atoms with Crippen molar-refractivity contribution in [2.75, 3.05) is 13.2 Å². The average Bonchev–Trinajstić information content (AvgIpc) is 3.96. The van der Waals surface area contributed by atoms with Gasteiger partial charge in [0.2, 0.25) is 21.8 Å². The molecule has 5 atom stereocenters. The molecule has 0 spiro atoms. The molecule has 3 fully saturated rings. The Labute approximate surface area is 299 Å². The van der Waals surface area contributed by atoms with Crippen molar-refractivity contribution in [3.8, 4) is 0 Å². The Morgan fingerprint density at radius 2 is 1.80 bits per heavy atom. The number of hydrogen-bond acceptors (Lipinski definition) is 9. The standard InChI is InChI=1S/C37H50N4O9S/c1-5-25-18-37(25,33(44)39-51(47,48)27-14-15-27)19-30(42)29-17-26-21-41(29)32(43)31(36(2,3)4)38-34(45)49-16-9-7-6-8-11-23-12-10-13-24-20-40(22-28(23)24)35(46)50-26/h5,10,12-13,25-27,29,31H,1,6-9,11,14-22H2,2-4H3,(H,38,45)(H,39,44)/t25-,26-,29+,31-,37-/m1/s1. The fourth-order valence-electron chi connectivity index (χ4n) is 7.72. The number of alkyl carbamates (subject to hydrolysis) is 1. The van der Waals surface area contributed by atoms with E-state index in [1.807, 2.05) is 12.1 Å². The van der Waals surface area contributed by atoms with Crippen molar-refractivity contribution < 1.29 is 41.9 Å². The van der Waals surface area contributed by atoms with E-state index < -0.39 is 80.0 Å². The highest BCUT2D eigenvalue weighted by atomic mass is 32.2. The molecule has 1 aromatic rings. The molecular weight excluding hydrogens is 676 g/mol. The van der Waals surface area contributed by atoms with Gasteiger partial charge in [-0.3, -0.25) is 24.0 Å². The predicted molar refractivity (Wildman–Crippen MR) is 186 cm³/mol. The first-order valence-corrected chi connectivity index (χ1v) is 19.7. The number of allylic oxidation sites excluding steroid dienone is 1. The SMILES string of the molecule is C=C[C@@H]1C[C@]1(CC(=O)[C@@H]1C[C@@H]2CN1C(=O)[C@H](C(C)(C)C)NC(=O)OCCCCCCc1cccc3c1CN(C3)C(=O)O2)C(=O)NS(=O)(=O)C1CC1. The van der Waals surface area contributed by atoms with Crippen LogP contribution in [-0.4, -0.2) is 84.6 Å². The second-order valence-corrected chi connectivity index (χ2v) is 17.9. The van der Waals surface area contributed by atoms with Crippen molar-refractivity contribution >= 4 is 39.8 Å². The third-order valence-electron chi connectivity index (χ3n) is 11.0. The molecule has 2 saturated carbocycles. The smallest absolute Gasteiger partial charge is 0.410 e. The number of amides is 4. The number of fused-ring (bicyclic) bond motifs is 3. The van der Waals surface area contributed by atoms with Crippen LogP contribution in [0.3, 0.4) is 0 Å². The van der Waals surface area contributed by atoms with Crippen LogP contribution >= 0.6 is 0 Å². The molecule has 1 saturated heterocycles. The molecule has 3 heterocycles. The highest BCUT2D eigenvalue weighted by Gasteiger charge is 2.61. The molecular formula is C37H50N4O9S. The highest BCUT2D eigenvalue weighted by molar-refractivity contribution is 7.90. The number of Topliss-reactive ketones (excluding diaryl/α,β-unsaturated/α-hetero) is 1. The molecule has 2 aliphatic carbocycles. The van der Waals surface area contributed by atoms with Crippen molar-refractivity contribution in [1.29, 1.82) is 0 Å². The molecule has 51 heavy (non-hydrogen) atoms. The zero-order chi connectivity index (χ0) is 36.7. The van der Waals surface area contributed by atoms with Crippen molar-refractivity contribution in [2.45, 2.75) is 122 Å². The van der Waals surface area contributed by atoms with E-state index in [1.165, 1.54) is 10.5 Å². The van der Waals surface area contributed by atoms with E-state index in [0.717, 1.165) is 36.8 Å². The number of ketones is 1. The second kappa shape index (κ2) is 14.2. The van der Waals surface area contributed by atoms with Gasteiger partial charge in [0.15, 0.2) is 5.78 Å². The van der Waals surface area contributed by atoms with Crippen LogP contribution in [0.2, 0.25) is 0 Å². The van der Waals surface area contributed by atoms with Crippen molar-refractivity contribution in [1.82, 2.24) is 19.8 Å². The Morgan fingerprint density at radius 3 is 2.49 bits per heavy atom. The van der Waals surface area contributed by atoms with E-state index in [0.29, 0.717) is 32.4 Å². The van der Waals surface area contributed by atoms with Crippen LogP contribution in [-0.2, 0) is 53.4 Å². The maximum atomic E-state index is 14.4. The van der Waals surface area contributed by atoms with Crippen LogP contribution in [0.5, 0.6) is 0 Å². The summed E-state index contributed by atoms with van der Waals surface area (Å²) in [7, 11) is -3.86. The lowest BCUT2D eigenvalue weighted by molar-refractivity contribution is -0.142. The summed E-state index contributed by atoms with van der Waals surface area (Å²) in [5, 5.41) is 2.10. The van der Waals surface area contributed by atoms with Crippen LogP contribution in [0.4, 0.5) is 9.59 Å². The minimum absolute atomic E-state index is 0.0134. The molecule has 0 aromatic heterocycles. The molecule has 0 unspecified atom stereocenters. The summed E-state index contributed by atoms with van der Waals surface area (Å²) in [4.78, 5) is 71.6. The third kappa shape index (κ3) is 7.95. The van der Waals surface area contributed by atoms with Gasteiger partial charge >= 0.3 is 12.2 Å². The third-order valence-corrected chi connectivity index (χ3v) is 12.8. The van der Waals surface area contributed by atoms with Crippen molar-refractivity contribution in [2.24, 2.45) is 16.7 Å². The monoisotopic (exact) mass is 726 g/mol. The number of nitrogens with zero attached hydrogens (tertiary/aromatic N) is 2. The van der Waals surface area contributed by atoms with Crippen LogP contribution in [0.15, 0.2) is 30.9 Å². The first-order valence-electron chi connectivity index (χ1n) is 18.1. The summed E-state index contributed by atoms with van der Waals surface area (Å²) in [5.41, 5.74) is 1.24. The number of sulfonamides is 1. The van der Waals surface area contributed by atoms with Crippen LogP contribution in [0, 0.1) is 16.7 Å². The Morgan fingerprint density at radius 1 is 1.08 bits per heavy atom. The molecule has 1 aromatic carbocycles. The van der Waals surface area contributed by atoms with Gasteiger partial charge in [0.05, 0.1) is 29.9 Å². The summed E-state index contributed by atoms with van der Waals surface area (Å²) in [5.74, 6) is -2.18. The maximum absolute atomic E-state index is 14.4. The summed E-state index contributed by atoms with van der Waals surface area (Å²) in [6, 6.07) is 3.91. The van der Waals surface area contributed by atoms with E-state index in [2.05, 4.69) is 22.7 Å². The fourth-order valence-corrected chi connectivity index (χ4v) is 9.11. The molecule has 14 heteroatoms. The molecule has 6 rings (SSSR count). The van der Waals surface area contributed by atoms with Gasteiger partial charge in [-0.15, -0.1) is 6.58 Å².